The summed E-state index contributed by atoms with van der Waals surface area (Å²) in [7, 11) is 0. The van der Waals surface area contributed by atoms with Gasteiger partial charge in [-0.15, -0.1) is 0 Å². The fourth-order valence-corrected chi connectivity index (χ4v) is 7.07. The zero-order valence-electron chi connectivity index (χ0n) is 37.0. The number of esters is 1. The van der Waals surface area contributed by atoms with Gasteiger partial charge in [0.1, 0.15) is 30.5 Å². The van der Waals surface area contributed by atoms with Crippen LogP contribution in [-0.2, 0) is 23.7 Å². The van der Waals surface area contributed by atoms with Crippen LogP contribution in [0.3, 0.4) is 0 Å². The summed E-state index contributed by atoms with van der Waals surface area (Å²) >= 11 is 0. The molecule has 0 spiro atoms. The molecule has 1 heterocycles. The highest BCUT2D eigenvalue weighted by atomic mass is 16.7. The van der Waals surface area contributed by atoms with E-state index in [2.05, 4.69) is 62.5 Å². The number of carbonyl (C=O) groups is 1. The van der Waals surface area contributed by atoms with Crippen molar-refractivity contribution in [1.29, 1.82) is 0 Å². The largest absolute Gasteiger partial charge is 0.457 e. The lowest BCUT2D eigenvalue weighted by atomic mass is 9.99. The summed E-state index contributed by atoms with van der Waals surface area (Å²) in [5.41, 5.74) is 0. The van der Waals surface area contributed by atoms with Gasteiger partial charge in [-0.1, -0.05) is 184 Å². The molecule has 0 aromatic heterocycles. The highest BCUT2D eigenvalue weighted by Gasteiger charge is 2.44. The average Bonchev–Trinajstić information content (AvgIpc) is 3.22. The van der Waals surface area contributed by atoms with Gasteiger partial charge in [-0.25, -0.2) is 0 Å². The number of unbranched alkanes of at least 4 members (excludes halogenated alkanes) is 21. The Hall–Kier alpha value is -1.85. The second-order valence-corrected chi connectivity index (χ2v) is 16.2. The van der Waals surface area contributed by atoms with Gasteiger partial charge >= 0.3 is 5.97 Å². The van der Waals surface area contributed by atoms with E-state index < -0.39 is 43.4 Å². The van der Waals surface area contributed by atoms with Gasteiger partial charge in [-0.05, 0) is 51.4 Å². The van der Waals surface area contributed by atoms with Crippen LogP contribution < -0.4 is 0 Å². The number of hydrogen-bond acceptors (Lipinski definition) is 9. The predicted molar refractivity (Wildman–Crippen MR) is 238 cm³/mol. The number of aliphatic hydroxyl groups is 4. The van der Waals surface area contributed by atoms with Crippen LogP contribution in [0.4, 0.5) is 0 Å². The summed E-state index contributed by atoms with van der Waals surface area (Å²) in [5.74, 6) is -0.323. The lowest BCUT2D eigenvalue weighted by Crippen LogP contribution is -2.59. The third kappa shape index (κ3) is 31.1. The third-order valence-corrected chi connectivity index (χ3v) is 10.8. The van der Waals surface area contributed by atoms with Gasteiger partial charge in [-0.2, -0.15) is 0 Å². The molecule has 9 nitrogen and oxygen atoms in total. The van der Waals surface area contributed by atoms with Gasteiger partial charge in [0.05, 0.1) is 19.8 Å². The minimum absolute atomic E-state index is 0.124. The Kier molecular flexibility index (Phi) is 37.9. The summed E-state index contributed by atoms with van der Waals surface area (Å²) in [6.07, 6.45) is 42.9. The summed E-state index contributed by atoms with van der Waals surface area (Å²) in [5, 5.41) is 40.1. The molecule has 1 fully saturated rings. The Labute approximate surface area is 354 Å². The minimum Gasteiger partial charge on any atom is -0.457 e. The van der Waals surface area contributed by atoms with Crippen molar-refractivity contribution in [2.24, 2.45) is 0 Å². The van der Waals surface area contributed by atoms with E-state index in [4.69, 9.17) is 18.9 Å². The van der Waals surface area contributed by atoms with E-state index in [9.17, 15) is 25.2 Å². The van der Waals surface area contributed by atoms with E-state index in [0.717, 1.165) is 70.6 Å². The zero-order valence-corrected chi connectivity index (χ0v) is 37.0. The van der Waals surface area contributed by atoms with Crippen molar-refractivity contribution in [2.45, 2.75) is 230 Å². The zero-order chi connectivity index (χ0) is 42.2. The fourth-order valence-electron chi connectivity index (χ4n) is 7.07. The topological polar surface area (TPSA) is 135 Å². The van der Waals surface area contributed by atoms with E-state index in [1.54, 1.807) is 0 Å². The van der Waals surface area contributed by atoms with Crippen molar-refractivity contribution in [1.82, 2.24) is 0 Å². The second-order valence-electron chi connectivity index (χ2n) is 16.2. The van der Waals surface area contributed by atoms with Crippen molar-refractivity contribution >= 4 is 5.97 Å². The average molecular weight is 821 g/mol. The van der Waals surface area contributed by atoms with Gasteiger partial charge in [0.15, 0.2) is 6.29 Å². The van der Waals surface area contributed by atoms with Crippen molar-refractivity contribution in [3.63, 3.8) is 0 Å². The normalized spacial score (nSPS) is 20.7. The molecule has 1 aliphatic rings. The van der Waals surface area contributed by atoms with E-state index in [-0.39, 0.29) is 19.2 Å². The third-order valence-electron chi connectivity index (χ3n) is 10.8. The Morgan fingerprint density at radius 2 is 1.05 bits per heavy atom. The highest BCUT2D eigenvalue weighted by molar-refractivity contribution is 5.69. The van der Waals surface area contributed by atoms with Crippen LogP contribution in [-0.4, -0.2) is 89.6 Å². The van der Waals surface area contributed by atoms with Crippen molar-refractivity contribution in [3.8, 4) is 0 Å². The van der Waals surface area contributed by atoms with Crippen LogP contribution in [0.5, 0.6) is 0 Å². The molecule has 0 aromatic rings. The lowest BCUT2D eigenvalue weighted by molar-refractivity contribution is -0.305. The molecule has 0 aliphatic carbocycles. The Morgan fingerprint density at radius 1 is 0.569 bits per heavy atom. The molecule has 0 radical (unpaired) electrons. The maximum absolute atomic E-state index is 12.8. The molecule has 0 saturated carbocycles. The van der Waals surface area contributed by atoms with Crippen molar-refractivity contribution in [2.75, 3.05) is 26.4 Å². The first-order chi connectivity index (χ1) is 28.4. The Balaban J connectivity index is 2.25. The number of hydrogen-bond donors (Lipinski definition) is 4. The standard InChI is InChI=1S/C49H88O9/c1-3-5-7-9-11-13-15-17-19-21-22-23-24-26-28-30-32-34-36-38-45(51)57-43(42-56-49-48(54)47(53)46(52)44(40-50)58-49)41-55-39-37-35-33-31-29-27-25-20-18-16-14-12-10-8-6-4-2/h6,8,12,14,18,20,27,29,43-44,46-50,52-54H,3-5,7,9-11,13,15-17,19,21-26,28,30-42H2,1-2H3/b8-6-,14-12-,20-18-,29-27-. The molecular weight excluding hydrogens is 733 g/mol. The molecule has 4 N–H and O–H groups in total. The first-order valence-corrected chi connectivity index (χ1v) is 23.7. The van der Waals surface area contributed by atoms with Crippen LogP contribution in [0.2, 0.25) is 0 Å². The van der Waals surface area contributed by atoms with E-state index >= 15 is 0 Å². The molecule has 6 unspecified atom stereocenters. The van der Waals surface area contributed by atoms with Gasteiger partial charge < -0.3 is 39.4 Å². The number of carbonyl (C=O) groups excluding carboxylic acids is 1. The molecule has 0 bridgehead atoms. The SMILES string of the molecule is CC/C=C\C/C=C\C/C=C\C/C=C\CCCCCOCC(COC1OC(CO)C(O)C(O)C1O)OC(=O)CCCCCCCCCCCCCCCCCCCCC. The number of aliphatic hydroxyl groups excluding tert-OH is 4. The first kappa shape index (κ1) is 54.2. The molecule has 1 saturated heterocycles. The lowest BCUT2D eigenvalue weighted by Gasteiger charge is -2.39. The van der Waals surface area contributed by atoms with E-state index in [1.165, 1.54) is 103 Å². The maximum Gasteiger partial charge on any atom is 0.306 e. The quantitative estimate of drug-likeness (QED) is 0.0271. The molecule has 0 amide bonds. The maximum atomic E-state index is 12.8. The van der Waals surface area contributed by atoms with Crippen LogP contribution in [0.15, 0.2) is 48.6 Å². The molecule has 58 heavy (non-hydrogen) atoms. The Bertz CT molecular complexity index is 1030. The molecular formula is C49H88O9. The number of ether oxygens (including phenoxy) is 4. The van der Waals surface area contributed by atoms with Crippen LogP contribution in [0, 0.1) is 0 Å². The monoisotopic (exact) mass is 821 g/mol. The van der Waals surface area contributed by atoms with Crippen LogP contribution in [0.1, 0.15) is 194 Å². The second kappa shape index (κ2) is 40.6. The van der Waals surface area contributed by atoms with Gasteiger partial charge in [-0.3, -0.25) is 4.79 Å². The van der Waals surface area contributed by atoms with E-state index in [1.807, 2.05) is 0 Å². The van der Waals surface area contributed by atoms with Gasteiger partial charge in [0, 0.05) is 13.0 Å². The summed E-state index contributed by atoms with van der Waals surface area (Å²) in [6.45, 7) is 4.39. The smallest absolute Gasteiger partial charge is 0.306 e. The molecule has 9 heteroatoms. The summed E-state index contributed by atoms with van der Waals surface area (Å²) in [4.78, 5) is 12.8. The van der Waals surface area contributed by atoms with Gasteiger partial charge in [0.25, 0.3) is 0 Å². The van der Waals surface area contributed by atoms with E-state index in [0.29, 0.717) is 13.0 Å². The molecule has 6 atom stereocenters. The van der Waals surface area contributed by atoms with Crippen molar-refractivity contribution in [3.05, 3.63) is 48.6 Å². The summed E-state index contributed by atoms with van der Waals surface area (Å²) < 4.78 is 22.8. The van der Waals surface area contributed by atoms with Gasteiger partial charge in [0.2, 0.25) is 0 Å². The minimum atomic E-state index is -1.54. The molecule has 1 aliphatic heterocycles. The Morgan fingerprint density at radius 3 is 1.57 bits per heavy atom. The first-order valence-electron chi connectivity index (χ1n) is 23.7. The molecule has 338 valence electrons. The van der Waals surface area contributed by atoms with Crippen LogP contribution in [0.25, 0.3) is 0 Å². The fraction of sp³-hybridized carbons (Fsp3) is 0.816. The van der Waals surface area contributed by atoms with Crippen LogP contribution >= 0.6 is 0 Å². The molecule has 1 rings (SSSR count). The number of allylic oxidation sites excluding steroid dienone is 8. The number of rotatable bonds is 40. The van der Waals surface area contributed by atoms with Crippen molar-refractivity contribution < 1.29 is 44.2 Å². The summed E-state index contributed by atoms with van der Waals surface area (Å²) in [6, 6.07) is 0. The highest BCUT2D eigenvalue weighted by Crippen LogP contribution is 2.23. The predicted octanol–water partition coefficient (Wildman–Crippen LogP) is 10.9. The molecule has 0 aromatic carbocycles.